The maximum atomic E-state index is 12.7. The summed E-state index contributed by atoms with van der Waals surface area (Å²) in [4.78, 5) is 19.6. The number of benzene rings is 2. The van der Waals surface area contributed by atoms with Crippen LogP contribution in [0.4, 0.5) is 5.69 Å². The summed E-state index contributed by atoms with van der Waals surface area (Å²) in [5, 5.41) is 4.07. The number of methoxy groups -OCH3 is 1. The summed E-state index contributed by atoms with van der Waals surface area (Å²) in [6.45, 7) is 4.03. The number of amidine groups is 1. The summed E-state index contributed by atoms with van der Waals surface area (Å²) in [5.41, 5.74) is 4.53. The minimum absolute atomic E-state index is 0.324. The Balaban J connectivity index is 1.85. The van der Waals surface area contributed by atoms with Crippen LogP contribution in [0.25, 0.3) is 0 Å². The van der Waals surface area contributed by atoms with E-state index in [0.717, 1.165) is 33.6 Å². The van der Waals surface area contributed by atoms with E-state index in [1.54, 1.807) is 18.9 Å². The molecule has 1 atom stereocenters. The molecule has 164 valence electrons. The molecule has 7 heteroatoms. The molecular weight excluding hydrogens is 410 g/mol. The Kier molecular flexibility index (Phi) is 7.63. The number of aliphatic imine (C=N–C) groups is 1. The summed E-state index contributed by atoms with van der Waals surface area (Å²) in [6, 6.07) is 15.7. The smallest absolute Gasteiger partial charge is 0.338 e. The molecule has 0 aromatic heterocycles. The van der Waals surface area contributed by atoms with Gasteiger partial charge in [-0.2, -0.15) is 0 Å². The predicted octanol–water partition coefficient (Wildman–Crippen LogP) is 4.53. The first-order valence-corrected chi connectivity index (χ1v) is 11.2. The van der Waals surface area contributed by atoms with Gasteiger partial charge in [-0.15, -0.1) is 0 Å². The Morgan fingerprint density at radius 1 is 1.13 bits per heavy atom. The lowest BCUT2D eigenvalue weighted by Crippen LogP contribution is -2.30. The van der Waals surface area contributed by atoms with Crippen LogP contribution in [0.3, 0.4) is 0 Å². The van der Waals surface area contributed by atoms with Gasteiger partial charge in [0, 0.05) is 31.2 Å². The lowest BCUT2D eigenvalue weighted by atomic mass is 9.96. The third-order valence-electron chi connectivity index (χ3n) is 4.97. The number of nitrogens with one attached hydrogen (secondary N) is 1. The quantitative estimate of drug-likeness (QED) is 0.640. The van der Waals surface area contributed by atoms with Crippen molar-refractivity contribution in [1.82, 2.24) is 5.32 Å². The number of esters is 1. The average Bonchev–Trinajstić information content (AvgIpc) is 2.77. The monoisotopic (exact) mass is 439 g/mol. The van der Waals surface area contributed by atoms with Crippen LogP contribution in [0.1, 0.15) is 31.0 Å². The van der Waals surface area contributed by atoms with Crippen LogP contribution in [0.15, 0.2) is 64.8 Å². The molecule has 1 heterocycles. The SMILES string of the molecule is CCOC(=O)C1=C(C)NC(SCc2ccc(OC)cc2)=N[C@H]1c1ccc(N(C)C)cc1. The first-order chi connectivity index (χ1) is 14.9. The van der Waals surface area contributed by atoms with E-state index >= 15 is 0 Å². The fourth-order valence-electron chi connectivity index (χ4n) is 3.26. The summed E-state index contributed by atoms with van der Waals surface area (Å²) in [6.07, 6.45) is 0. The Hall–Kier alpha value is -2.93. The van der Waals surface area contributed by atoms with Crippen molar-refractivity contribution in [2.24, 2.45) is 4.99 Å². The number of thioether (sulfide) groups is 1. The molecule has 2 aromatic carbocycles. The molecule has 0 spiro atoms. The van der Waals surface area contributed by atoms with Crippen molar-refractivity contribution in [2.75, 3.05) is 32.7 Å². The molecule has 2 aromatic rings. The van der Waals surface area contributed by atoms with Gasteiger partial charge in [-0.05, 0) is 49.2 Å². The maximum Gasteiger partial charge on any atom is 0.338 e. The number of anilines is 1. The van der Waals surface area contributed by atoms with E-state index < -0.39 is 6.04 Å². The zero-order valence-electron chi connectivity index (χ0n) is 18.6. The van der Waals surface area contributed by atoms with Crippen LogP contribution in [0, 0.1) is 0 Å². The first-order valence-electron chi connectivity index (χ1n) is 10.2. The van der Waals surface area contributed by atoms with Gasteiger partial charge in [0.15, 0.2) is 5.17 Å². The number of allylic oxidation sites excluding steroid dienone is 1. The van der Waals surface area contributed by atoms with Crippen molar-refractivity contribution in [2.45, 2.75) is 25.6 Å². The molecule has 1 N–H and O–H groups in total. The molecule has 0 amide bonds. The predicted molar refractivity (Wildman–Crippen MR) is 128 cm³/mol. The molecule has 0 unspecified atom stereocenters. The largest absolute Gasteiger partial charge is 0.497 e. The number of carbonyl (C=O) groups excluding carboxylic acids is 1. The highest BCUT2D eigenvalue weighted by Crippen LogP contribution is 2.34. The van der Waals surface area contributed by atoms with E-state index in [-0.39, 0.29) is 5.97 Å². The third kappa shape index (κ3) is 5.61. The van der Waals surface area contributed by atoms with Crippen LogP contribution in [0.2, 0.25) is 0 Å². The molecule has 0 bridgehead atoms. The molecule has 3 rings (SSSR count). The second-order valence-electron chi connectivity index (χ2n) is 7.34. The zero-order valence-corrected chi connectivity index (χ0v) is 19.5. The minimum atomic E-state index is -0.408. The second-order valence-corrected chi connectivity index (χ2v) is 8.31. The fraction of sp³-hybridized carbons (Fsp3) is 0.333. The maximum absolute atomic E-state index is 12.7. The zero-order chi connectivity index (χ0) is 22.4. The number of carbonyl (C=O) groups is 1. The molecule has 6 nitrogen and oxygen atoms in total. The summed E-state index contributed by atoms with van der Waals surface area (Å²) in [5.74, 6) is 1.25. The van der Waals surface area contributed by atoms with Gasteiger partial charge in [-0.3, -0.25) is 0 Å². The second kappa shape index (κ2) is 10.4. The molecule has 0 saturated heterocycles. The Labute approximate surface area is 188 Å². The van der Waals surface area contributed by atoms with Crippen molar-refractivity contribution in [1.29, 1.82) is 0 Å². The van der Waals surface area contributed by atoms with E-state index in [4.69, 9.17) is 14.5 Å². The van der Waals surface area contributed by atoms with Crippen LogP contribution >= 0.6 is 11.8 Å². The highest BCUT2D eigenvalue weighted by atomic mass is 32.2. The van der Waals surface area contributed by atoms with Crippen molar-refractivity contribution >= 4 is 28.6 Å². The number of rotatable bonds is 7. The molecule has 0 aliphatic carbocycles. The number of nitrogens with zero attached hydrogens (tertiary/aromatic N) is 2. The minimum Gasteiger partial charge on any atom is -0.497 e. The van der Waals surface area contributed by atoms with Gasteiger partial charge in [0.05, 0.1) is 19.3 Å². The van der Waals surface area contributed by atoms with Gasteiger partial charge in [0.25, 0.3) is 0 Å². The lowest BCUT2D eigenvalue weighted by molar-refractivity contribution is -0.138. The normalized spacial score (nSPS) is 15.8. The standard InChI is InChI=1S/C24H29N3O3S/c1-6-30-23(28)21-16(2)25-24(31-15-17-7-13-20(29-5)14-8-17)26-22(21)18-9-11-19(12-10-18)27(3)4/h7-14,22H,6,15H2,1-5H3,(H,25,26)/t22-/m0/s1. The summed E-state index contributed by atoms with van der Waals surface area (Å²) in [7, 11) is 5.66. The fourth-order valence-corrected chi connectivity index (χ4v) is 4.16. The van der Waals surface area contributed by atoms with Crippen LogP contribution < -0.4 is 15.0 Å². The van der Waals surface area contributed by atoms with Crippen molar-refractivity contribution < 1.29 is 14.3 Å². The van der Waals surface area contributed by atoms with Crippen LogP contribution in [-0.4, -0.2) is 38.9 Å². The van der Waals surface area contributed by atoms with E-state index in [0.29, 0.717) is 12.2 Å². The van der Waals surface area contributed by atoms with E-state index in [9.17, 15) is 4.79 Å². The Morgan fingerprint density at radius 2 is 1.81 bits per heavy atom. The van der Waals surface area contributed by atoms with Crippen molar-refractivity contribution in [3.8, 4) is 5.75 Å². The van der Waals surface area contributed by atoms with Crippen molar-refractivity contribution in [3.05, 3.63) is 70.9 Å². The summed E-state index contributed by atoms with van der Waals surface area (Å²) < 4.78 is 10.5. The molecule has 0 radical (unpaired) electrons. The highest BCUT2D eigenvalue weighted by molar-refractivity contribution is 8.13. The van der Waals surface area contributed by atoms with Crippen LogP contribution in [0.5, 0.6) is 5.75 Å². The number of ether oxygens (including phenoxy) is 2. The Morgan fingerprint density at radius 3 is 2.39 bits per heavy atom. The van der Waals surface area contributed by atoms with Crippen molar-refractivity contribution in [3.63, 3.8) is 0 Å². The molecule has 31 heavy (non-hydrogen) atoms. The van der Waals surface area contributed by atoms with Gasteiger partial charge in [-0.25, -0.2) is 9.79 Å². The third-order valence-corrected chi connectivity index (χ3v) is 5.93. The molecule has 0 fully saturated rings. The van der Waals surface area contributed by atoms with E-state index in [1.807, 2.05) is 81.4 Å². The van der Waals surface area contributed by atoms with Crippen LogP contribution in [-0.2, 0) is 15.3 Å². The number of hydrogen-bond acceptors (Lipinski definition) is 7. The van der Waals surface area contributed by atoms with Gasteiger partial charge < -0.3 is 19.7 Å². The summed E-state index contributed by atoms with van der Waals surface area (Å²) >= 11 is 1.60. The van der Waals surface area contributed by atoms with Gasteiger partial charge >= 0.3 is 5.97 Å². The lowest BCUT2D eigenvalue weighted by Gasteiger charge is -2.26. The van der Waals surface area contributed by atoms with E-state index in [1.165, 1.54) is 5.56 Å². The molecule has 0 saturated carbocycles. The first kappa shape index (κ1) is 22.7. The highest BCUT2D eigenvalue weighted by Gasteiger charge is 2.30. The van der Waals surface area contributed by atoms with Gasteiger partial charge in [0.2, 0.25) is 0 Å². The molecular formula is C24H29N3O3S. The average molecular weight is 440 g/mol. The Bertz CT molecular complexity index is 967. The van der Waals surface area contributed by atoms with Gasteiger partial charge in [-0.1, -0.05) is 36.0 Å². The van der Waals surface area contributed by atoms with Gasteiger partial charge in [0.1, 0.15) is 11.8 Å². The molecule has 1 aliphatic rings. The van der Waals surface area contributed by atoms with E-state index in [2.05, 4.69) is 5.32 Å². The topological polar surface area (TPSA) is 63.2 Å². The number of hydrogen-bond donors (Lipinski definition) is 1. The molecule has 1 aliphatic heterocycles.